The van der Waals surface area contributed by atoms with Gasteiger partial charge in [-0.3, -0.25) is 4.79 Å². The van der Waals surface area contributed by atoms with Crippen LogP contribution in [0.25, 0.3) is 0 Å². The maximum atomic E-state index is 14.6. The number of nitrogens with one attached hydrogen (secondary N) is 1. The fourth-order valence-electron chi connectivity index (χ4n) is 4.44. The number of rotatable bonds is 9. The highest BCUT2D eigenvalue weighted by Crippen LogP contribution is 2.33. The van der Waals surface area contributed by atoms with E-state index in [-0.39, 0.29) is 11.3 Å². The van der Waals surface area contributed by atoms with Gasteiger partial charge in [0.1, 0.15) is 5.82 Å². The molecule has 34 heavy (non-hydrogen) atoms. The van der Waals surface area contributed by atoms with E-state index < -0.39 is 11.4 Å². The van der Waals surface area contributed by atoms with E-state index in [9.17, 15) is 14.3 Å². The smallest absolute Gasteiger partial charge is 0.165 e. The molecule has 0 bridgehead atoms. The van der Waals surface area contributed by atoms with Gasteiger partial charge in [-0.05, 0) is 67.3 Å². The van der Waals surface area contributed by atoms with E-state index in [1.54, 1.807) is 24.3 Å². The van der Waals surface area contributed by atoms with E-state index in [0.29, 0.717) is 42.9 Å². The minimum atomic E-state index is -0.837. The van der Waals surface area contributed by atoms with Gasteiger partial charge < -0.3 is 15.3 Å². The summed E-state index contributed by atoms with van der Waals surface area (Å²) >= 11 is 5.96. The first kappa shape index (κ1) is 24.4. The number of anilines is 1. The molecule has 4 nitrogen and oxygen atoms in total. The molecule has 1 fully saturated rings. The van der Waals surface area contributed by atoms with Gasteiger partial charge in [-0.15, -0.1) is 0 Å². The van der Waals surface area contributed by atoms with Gasteiger partial charge in [-0.2, -0.15) is 0 Å². The van der Waals surface area contributed by atoms with Crippen LogP contribution < -0.4 is 5.32 Å². The maximum absolute atomic E-state index is 14.6. The third-order valence-corrected chi connectivity index (χ3v) is 6.80. The van der Waals surface area contributed by atoms with Crippen LogP contribution in [0.2, 0.25) is 5.02 Å². The number of ketones is 1. The van der Waals surface area contributed by atoms with Crippen LogP contribution in [0.3, 0.4) is 0 Å². The molecule has 0 aliphatic carbocycles. The van der Waals surface area contributed by atoms with Crippen molar-refractivity contribution in [1.82, 2.24) is 4.90 Å². The van der Waals surface area contributed by atoms with Gasteiger partial charge in [0, 0.05) is 36.8 Å². The van der Waals surface area contributed by atoms with Gasteiger partial charge in [0.15, 0.2) is 5.78 Å². The van der Waals surface area contributed by atoms with Gasteiger partial charge >= 0.3 is 0 Å². The second-order valence-electron chi connectivity index (χ2n) is 8.94. The molecule has 0 spiro atoms. The summed E-state index contributed by atoms with van der Waals surface area (Å²) in [5, 5.41) is 14.8. The second-order valence-corrected chi connectivity index (χ2v) is 9.38. The fourth-order valence-corrected chi connectivity index (χ4v) is 4.57. The molecule has 0 amide bonds. The lowest BCUT2D eigenvalue weighted by molar-refractivity contribution is -0.0260. The molecule has 0 saturated carbocycles. The number of halogens is 2. The standard InChI is InChI=1S/C28H30ClFN2O2/c29-23-10-8-22(9-11-23)28(34)14-17-32(18-15-28)16-4-7-27(33)25-13-12-24(19-26(25)30)31-20-21-5-2-1-3-6-21/h1-3,5-6,8-13,19,31,34H,4,7,14-18,20H2. The van der Waals surface area contributed by atoms with Crippen molar-refractivity contribution in [2.24, 2.45) is 0 Å². The molecule has 2 N–H and O–H groups in total. The van der Waals surface area contributed by atoms with E-state index in [2.05, 4.69) is 10.2 Å². The van der Waals surface area contributed by atoms with E-state index in [0.717, 1.165) is 30.8 Å². The Bertz CT molecular complexity index is 1100. The lowest BCUT2D eigenvalue weighted by atomic mass is 9.84. The van der Waals surface area contributed by atoms with E-state index >= 15 is 0 Å². The van der Waals surface area contributed by atoms with Crippen LogP contribution in [-0.2, 0) is 12.1 Å². The van der Waals surface area contributed by atoms with Crippen LogP contribution in [0.15, 0.2) is 72.8 Å². The highest BCUT2D eigenvalue weighted by Gasteiger charge is 2.33. The lowest BCUT2D eigenvalue weighted by Gasteiger charge is -2.38. The molecule has 3 aromatic carbocycles. The van der Waals surface area contributed by atoms with E-state index in [1.807, 2.05) is 42.5 Å². The molecule has 1 aliphatic heterocycles. The summed E-state index contributed by atoms with van der Waals surface area (Å²) in [6.07, 6.45) is 2.22. The molecule has 6 heteroatoms. The molecule has 4 rings (SSSR count). The summed E-state index contributed by atoms with van der Waals surface area (Å²) in [5.41, 5.74) is 1.95. The topological polar surface area (TPSA) is 52.6 Å². The summed E-state index contributed by atoms with van der Waals surface area (Å²) in [7, 11) is 0. The number of nitrogens with zero attached hydrogens (tertiary/aromatic N) is 1. The SMILES string of the molecule is O=C(CCCN1CCC(O)(c2ccc(Cl)cc2)CC1)c1ccc(NCc2ccccc2)cc1F. The normalized spacial score (nSPS) is 15.7. The van der Waals surface area contributed by atoms with Crippen LogP contribution in [0.1, 0.15) is 47.2 Å². The summed E-state index contributed by atoms with van der Waals surface area (Å²) in [6, 6.07) is 22.0. The van der Waals surface area contributed by atoms with Crippen molar-refractivity contribution in [2.45, 2.75) is 37.8 Å². The van der Waals surface area contributed by atoms with Crippen LogP contribution >= 0.6 is 11.6 Å². The Hall–Kier alpha value is -2.73. The summed E-state index contributed by atoms with van der Waals surface area (Å²) < 4.78 is 14.6. The quantitative estimate of drug-likeness (QED) is 0.367. The molecule has 0 unspecified atom stereocenters. The van der Waals surface area contributed by atoms with Crippen molar-refractivity contribution in [3.63, 3.8) is 0 Å². The lowest BCUT2D eigenvalue weighted by Crippen LogP contribution is -2.42. The first-order chi connectivity index (χ1) is 16.4. The average Bonchev–Trinajstić information content (AvgIpc) is 2.85. The second kappa shape index (κ2) is 11.1. The van der Waals surface area contributed by atoms with Gasteiger partial charge in [0.05, 0.1) is 11.2 Å². The highest BCUT2D eigenvalue weighted by molar-refractivity contribution is 6.30. The zero-order valence-electron chi connectivity index (χ0n) is 19.1. The van der Waals surface area contributed by atoms with Crippen LogP contribution in [-0.4, -0.2) is 35.4 Å². The highest BCUT2D eigenvalue weighted by atomic mass is 35.5. The number of Topliss-reactive ketones (excluding diaryl/α,β-unsaturated/α-hetero) is 1. The number of hydrogen-bond donors (Lipinski definition) is 2. The zero-order chi connectivity index (χ0) is 24.0. The number of hydrogen-bond acceptors (Lipinski definition) is 4. The predicted octanol–water partition coefficient (Wildman–Crippen LogP) is 6.04. The molecule has 0 atom stereocenters. The molecule has 1 saturated heterocycles. The van der Waals surface area contributed by atoms with Crippen molar-refractivity contribution < 1.29 is 14.3 Å². The maximum Gasteiger partial charge on any atom is 0.165 e. The Kier molecular flexibility index (Phi) is 7.99. The average molecular weight is 481 g/mol. The monoisotopic (exact) mass is 480 g/mol. The summed E-state index contributed by atoms with van der Waals surface area (Å²) in [4.78, 5) is 14.8. The first-order valence-electron chi connectivity index (χ1n) is 11.7. The first-order valence-corrected chi connectivity index (χ1v) is 12.1. The predicted molar refractivity (Wildman–Crippen MR) is 135 cm³/mol. The minimum Gasteiger partial charge on any atom is -0.385 e. The number of benzene rings is 3. The van der Waals surface area contributed by atoms with Crippen molar-refractivity contribution >= 4 is 23.1 Å². The molecule has 1 heterocycles. The molecule has 3 aromatic rings. The van der Waals surface area contributed by atoms with Crippen molar-refractivity contribution in [3.8, 4) is 0 Å². The zero-order valence-corrected chi connectivity index (χ0v) is 19.9. The van der Waals surface area contributed by atoms with Gasteiger partial charge in [-0.1, -0.05) is 54.1 Å². The molecular formula is C28H30ClFN2O2. The molecule has 1 aliphatic rings. The summed E-state index contributed by atoms with van der Waals surface area (Å²) in [6.45, 7) is 2.85. The number of aliphatic hydroxyl groups is 1. The van der Waals surface area contributed by atoms with Crippen molar-refractivity contribution in [3.05, 3.63) is 100 Å². The van der Waals surface area contributed by atoms with Crippen molar-refractivity contribution in [2.75, 3.05) is 25.0 Å². The Morgan fingerprint density at radius 2 is 1.74 bits per heavy atom. The fraction of sp³-hybridized carbons (Fsp3) is 0.321. The van der Waals surface area contributed by atoms with Crippen molar-refractivity contribution in [1.29, 1.82) is 0 Å². The van der Waals surface area contributed by atoms with E-state index in [4.69, 9.17) is 11.6 Å². The molecule has 178 valence electrons. The molecular weight excluding hydrogens is 451 g/mol. The van der Waals surface area contributed by atoms with Crippen LogP contribution in [0.5, 0.6) is 0 Å². The van der Waals surface area contributed by atoms with Crippen LogP contribution in [0.4, 0.5) is 10.1 Å². The van der Waals surface area contributed by atoms with E-state index in [1.165, 1.54) is 6.07 Å². The Morgan fingerprint density at radius 1 is 1.03 bits per heavy atom. The third kappa shape index (κ3) is 6.23. The minimum absolute atomic E-state index is 0.140. The van der Waals surface area contributed by atoms with Gasteiger partial charge in [0.2, 0.25) is 0 Å². The Labute approximate surface area is 205 Å². The van der Waals surface area contributed by atoms with Gasteiger partial charge in [0.25, 0.3) is 0 Å². The third-order valence-electron chi connectivity index (χ3n) is 6.55. The molecule has 0 radical (unpaired) electrons. The van der Waals surface area contributed by atoms with Gasteiger partial charge in [-0.25, -0.2) is 4.39 Å². The number of likely N-dealkylation sites (tertiary alicyclic amines) is 1. The molecule has 0 aromatic heterocycles. The Balaban J connectivity index is 1.22. The number of carbonyl (C=O) groups excluding carboxylic acids is 1. The number of carbonyl (C=O) groups is 1. The number of piperidine rings is 1. The Morgan fingerprint density at radius 3 is 2.41 bits per heavy atom. The van der Waals surface area contributed by atoms with Crippen LogP contribution in [0, 0.1) is 5.82 Å². The summed E-state index contributed by atoms with van der Waals surface area (Å²) in [5.74, 6) is -0.671. The largest absolute Gasteiger partial charge is 0.385 e.